The van der Waals surface area contributed by atoms with Gasteiger partial charge in [-0.15, -0.1) is 5.11 Å². The second-order valence-electron chi connectivity index (χ2n) is 10.5. The van der Waals surface area contributed by atoms with E-state index >= 15 is 0 Å². The number of benzene rings is 5. The molecule has 5 aromatic carbocycles. The van der Waals surface area contributed by atoms with Gasteiger partial charge in [0.1, 0.15) is 5.69 Å². The van der Waals surface area contributed by atoms with E-state index < -0.39 is 0 Å². The first-order valence-electron chi connectivity index (χ1n) is 14.3. The van der Waals surface area contributed by atoms with Crippen LogP contribution in [-0.4, -0.2) is 18.1 Å². The number of aromatic nitrogens is 1. The van der Waals surface area contributed by atoms with Crippen LogP contribution in [0.4, 0.5) is 39.8 Å². The number of azo groups is 1. The number of nitrogens with one attached hydrogen (secondary N) is 2. The van der Waals surface area contributed by atoms with Gasteiger partial charge in [-0.1, -0.05) is 55.5 Å². The van der Waals surface area contributed by atoms with Crippen molar-refractivity contribution in [3.05, 3.63) is 122 Å². The quantitative estimate of drug-likeness (QED) is 0.176. The molecule has 0 aliphatic heterocycles. The first kappa shape index (κ1) is 27.0. The molecule has 0 amide bonds. The lowest BCUT2D eigenvalue weighted by Gasteiger charge is -2.25. The van der Waals surface area contributed by atoms with Crippen molar-refractivity contribution in [3.63, 3.8) is 0 Å². The predicted octanol–water partition coefficient (Wildman–Crippen LogP) is 10.5. The molecule has 0 fully saturated rings. The molecular formula is C36H34N6. The minimum atomic E-state index is 0.411. The van der Waals surface area contributed by atoms with Gasteiger partial charge in [-0.25, -0.2) is 0 Å². The molecule has 6 heteroatoms. The van der Waals surface area contributed by atoms with Crippen molar-refractivity contribution < 1.29 is 0 Å². The molecule has 1 heterocycles. The van der Waals surface area contributed by atoms with Crippen LogP contribution in [0, 0.1) is 0 Å². The van der Waals surface area contributed by atoms with E-state index in [1.54, 1.807) is 12.4 Å². The Morgan fingerprint density at radius 1 is 0.667 bits per heavy atom. The van der Waals surface area contributed by atoms with Crippen molar-refractivity contribution >= 4 is 61.4 Å². The molecule has 2 N–H and O–H groups in total. The molecule has 0 spiro atoms. The van der Waals surface area contributed by atoms with Gasteiger partial charge in [0.05, 0.1) is 11.9 Å². The van der Waals surface area contributed by atoms with E-state index in [1.165, 1.54) is 27.5 Å². The highest BCUT2D eigenvalue weighted by Gasteiger charge is 2.15. The third-order valence-electron chi connectivity index (χ3n) is 7.61. The Balaban J connectivity index is 1.29. The Hall–Kier alpha value is -5.23. The maximum atomic E-state index is 4.33. The van der Waals surface area contributed by atoms with Crippen LogP contribution in [0.1, 0.15) is 20.3 Å². The van der Waals surface area contributed by atoms with Crippen LogP contribution < -0.4 is 15.5 Å². The number of rotatable bonds is 9. The summed E-state index contributed by atoms with van der Waals surface area (Å²) in [6.07, 6.45) is 4.48. The van der Waals surface area contributed by atoms with Gasteiger partial charge in [0.2, 0.25) is 0 Å². The second-order valence-corrected chi connectivity index (χ2v) is 10.5. The van der Waals surface area contributed by atoms with Crippen molar-refractivity contribution in [2.75, 3.05) is 22.6 Å². The average molecular weight is 551 g/mol. The van der Waals surface area contributed by atoms with E-state index in [1.807, 2.05) is 36.4 Å². The van der Waals surface area contributed by atoms with Crippen molar-refractivity contribution in [2.24, 2.45) is 10.2 Å². The van der Waals surface area contributed by atoms with E-state index in [0.29, 0.717) is 6.04 Å². The van der Waals surface area contributed by atoms with Gasteiger partial charge in [0.15, 0.2) is 0 Å². The van der Waals surface area contributed by atoms with Gasteiger partial charge in [-0.3, -0.25) is 4.98 Å². The zero-order chi connectivity index (χ0) is 28.9. The van der Waals surface area contributed by atoms with Gasteiger partial charge in [-0.05, 0) is 74.0 Å². The molecule has 0 saturated heterocycles. The molecule has 0 bridgehead atoms. The fourth-order valence-electron chi connectivity index (χ4n) is 5.18. The van der Waals surface area contributed by atoms with Gasteiger partial charge in [0, 0.05) is 69.3 Å². The highest BCUT2D eigenvalue weighted by molar-refractivity contribution is 6.08. The molecule has 1 aromatic heterocycles. The van der Waals surface area contributed by atoms with Crippen molar-refractivity contribution in [1.29, 1.82) is 0 Å². The van der Waals surface area contributed by atoms with Crippen LogP contribution in [0.15, 0.2) is 132 Å². The molecule has 6 aromatic rings. The largest absolute Gasteiger partial charge is 0.382 e. The van der Waals surface area contributed by atoms with E-state index in [-0.39, 0.29) is 0 Å². The van der Waals surface area contributed by atoms with Crippen LogP contribution in [0.25, 0.3) is 21.5 Å². The maximum absolute atomic E-state index is 4.33. The number of fused-ring (bicyclic) bond motifs is 2. The van der Waals surface area contributed by atoms with Crippen LogP contribution in [0.2, 0.25) is 0 Å². The summed E-state index contributed by atoms with van der Waals surface area (Å²) in [4.78, 5) is 6.37. The summed E-state index contributed by atoms with van der Waals surface area (Å²) in [6.45, 7) is 4.43. The molecule has 1 atom stereocenters. The highest BCUT2D eigenvalue weighted by Crippen LogP contribution is 2.40. The van der Waals surface area contributed by atoms with E-state index in [0.717, 1.165) is 40.2 Å². The van der Waals surface area contributed by atoms with Crippen LogP contribution >= 0.6 is 0 Å². The average Bonchev–Trinajstić information content (AvgIpc) is 3.05. The monoisotopic (exact) mass is 550 g/mol. The SMILES string of the molecule is CCC(C)Nc1ccc(N(C)c2ccc(Nc3ccc(/N=N/c4cccnc4)cc3)c3ccccc23)c2ccccc12. The molecule has 42 heavy (non-hydrogen) atoms. The zero-order valence-electron chi connectivity index (χ0n) is 24.1. The Morgan fingerprint density at radius 2 is 1.26 bits per heavy atom. The minimum Gasteiger partial charge on any atom is -0.382 e. The Labute approximate surface area is 246 Å². The number of nitrogens with zero attached hydrogens (tertiary/aromatic N) is 4. The molecule has 1 unspecified atom stereocenters. The van der Waals surface area contributed by atoms with Crippen LogP contribution in [0.3, 0.4) is 0 Å². The molecule has 0 aliphatic rings. The molecule has 208 valence electrons. The summed E-state index contributed by atoms with van der Waals surface area (Å²) in [6, 6.07) is 38.1. The molecular weight excluding hydrogens is 516 g/mol. The van der Waals surface area contributed by atoms with Gasteiger partial charge >= 0.3 is 0 Å². The first-order chi connectivity index (χ1) is 20.6. The summed E-state index contributed by atoms with van der Waals surface area (Å²) >= 11 is 0. The normalized spacial score (nSPS) is 12.1. The van der Waals surface area contributed by atoms with Crippen molar-refractivity contribution in [1.82, 2.24) is 4.98 Å². The summed E-state index contributed by atoms with van der Waals surface area (Å²) < 4.78 is 0. The predicted molar refractivity (Wildman–Crippen MR) is 177 cm³/mol. The van der Waals surface area contributed by atoms with E-state index in [4.69, 9.17) is 0 Å². The van der Waals surface area contributed by atoms with Gasteiger partial charge in [-0.2, -0.15) is 5.11 Å². The lowest BCUT2D eigenvalue weighted by Crippen LogP contribution is -2.15. The van der Waals surface area contributed by atoms with Gasteiger partial charge in [0.25, 0.3) is 0 Å². The van der Waals surface area contributed by atoms with E-state index in [9.17, 15) is 0 Å². The lowest BCUT2D eigenvalue weighted by atomic mass is 10.0. The molecule has 0 radical (unpaired) electrons. The highest BCUT2D eigenvalue weighted by atomic mass is 15.1. The first-order valence-corrected chi connectivity index (χ1v) is 14.3. The Kier molecular flexibility index (Phi) is 7.77. The van der Waals surface area contributed by atoms with Crippen molar-refractivity contribution in [3.8, 4) is 0 Å². The molecule has 6 nitrogen and oxygen atoms in total. The third kappa shape index (κ3) is 5.65. The maximum Gasteiger partial charge on any atom is 0.104 e. The molecule has 6 rings (SSSR count). The third-order valence-corrected chi connectivity index (χ3v) is 7.61. The fraction of sp³-hybridized carbons (Fsp3) is 0.139. The van der Waals surface area contributed by atoms with E-state index in [2.05, 4.69) is 124 Å². The number of anilines is 5. The molecule has 0 saturated carbocycles. The summed E-state index contributed by atoms with van der Waals surface area (Å²) in [5, 5.41) is 20.7. The Bertz CT molecular complexity index is 1850. The standard InChI is InChI=1S/C36H34N6/c1-4-25(2)38-33-19-21-35(31-13-7-5-11-29(31)33)42(3)36-22-20-34(30-12-6-8-14-32(30)36)39-26-15-17-27(18-16-26)40-41-28-10-9-23-37-24-28/h5-25,38-39H,4H2,1-3H3/b41-40+. The lowest BCUT2D eigenvalue weighted by molar-refractivity contribution is 0.765. The Morgan fingerprint density at radius 3 is 1.88 bits per heavy atom. The summed E-state index contributed by atoms with van der Waals surface area (Å²) in [7, 11) is 2.15. The summed E-state index contributed by atoms with van der Waals surface area (Å²) in [5.41, 5.74) is 7.03. The second kappa shape index (κ2) is 12.1. The number of pyridine rings is 1. The zero-order valence-corrected chi connectivity index (χ0v) is 24.1. The smallest absolute Gasteiger partial charge is 0.104 e. The fourth-order valence-corrected chi connectivity index (χ4v) is 5.18. The topological polar surface area (TPSA) is 64.9 Å². The minimum absolute atomic E-state index is 0.411. The number of hydrogen-bond donors (Lipinski definition) is 2. The van der Waals surface area contributed by atoms with Crippen molar-refractivity contribution in [2.45, 2.75) is 26.3 Å². The summed E-state index contributed by atoms with van der Waals surface area (Å²) in [5.74, 6) is 0. The van der Waals surface area contributed by atoms with Crippen LogP contribution in [0.5, 0.6) is 0 Å². The van der Waals surface area contributed by atoms with Gasteiger partial charge < -0.3 is 15.5 Å². The van der Waals surface area contributed by atoms with Crippen LogP contribution in [-0.2, 0) is 0 Å². The molecule has 0 aliphatic carbocycles. The number of hydrogen-bond acceptors (Lipinski definition) is 6.